The van der Waals surface area contributed by atoms with E-state index < -0.39 is 0 Å². The Kier molecular flexibility index (Phi) is 4.22. The van der Waals surface area contributed by atoms with Gasteiger partial charge in [0.1, 0.15) is 0 Å². The molecular weight excluding hydrogens is 302 g/mol. The van der Waals surface area contributed by atoms with Crippen molar-refractivity contribution in [3.05, 3.63) is 30.2 Å². The van der Waals surface area contributed by atoms with E-state index in [1.165, 1.54) is 5.69 Å². The second-order valence-corrected chi connectivity index (χ2v) is 7.17. The topological polar surface area (TPSA) is 53.7 Å². The van der Waals surface area contributed by atoms with Crippen LogP contribution in [0, 0.1) is 5.92 Å². The number of likely N-dealkylation sites (tertiary alicyclic amines) is 2. The summed E-state index contributed by atoms with van der Waals surface area (Å²) in [6.07, 6.45) is 7.85. The van der Waals surface area contributed by atoms with E-state index in [1.54, 1.807) is 6.20 Å². The van der Waals surface area contributed by atoms with Gasteiger partial charge in [0.2, 0.25) is 5.91 Å². The van der Waals surface area contributed by atoms with Gasteiger partial charge in [-0.2, -0.15) is 5.10 Å². The second kappa shape index (κ2) is 6.51. The quantitative estimate of drug-likeness (QED) is 0.844. The largest absolute Gasteiger partial charge is 0.342 e. The van der Waals surface area contributed by atoms with Crippen molar-refractivity contribution in [1.82, 2.24) is 24.4 Å². The van der Waals surface area contributed by atoms with Crippen LogP contribution in [0.25, 0.3) is 5.65 Å². The van der Waals surface area contributed by atoms with Crippen LogP contribution in [0.3, 0.4) is 0 Å². The van der Waals surface area contributed by atoms with Gasteiger partial charge in [-0.1, -0.05) is 0 Å². The highest BCUT2D eigenvalue weighted by molar-refractivity contribution is 5.79. The Hall–Kier alpha value is -1.95. The van der Waals surface area contributed by atoms with E-state index in [0.717, 1.165) is 57.5 Å². The molecule has 2 aliphatic rings. The molecule has 2 aromatic rings. The molecule has 0 aliphatic carbocycles. The van der Waals surface area contributed by atoms with Crippen molar-refractivity contribution in [3.63, 3.8) is 0 Å². The van der Waals surface area contributed by atoms with Crippen molar-refractivity contribution in [3.8, 4) is 0 Å². The first-order chi connectivity index (χ1) is 11.7. The third-order valence-corrected chi connectivity index (χ3v) is 5.52. The van der Waals surface area contributed by atoms with E-state index in [9.17, 15) is 4.79 Å². The van der Waals surface area contributed by atoms with E-state index in [1.807, 2.05) is 16.8 Å². The first-order valence-corrected chi connectivity index (χ1v) is 8.98. The number of aromatic nitrogens is 3. The van der Waals surface area contributed by atoms with E-state index in [-0.39, 0.29) is 5.92 Å². The summed E-state index contributed by atoms with van der Waals surface area (Å²) >= 11 is 0. The average Bonchev–Trinajstić information content (AvgIpc) is 3.10. The molecule has 0 aromatic carbocycles. The normalized spacial score (nSPS) is 23.7. The Morgan fingerprint density at radius 1 is 1.12 bits per heavy atom. The zero-order valence-corrected chi connectivity index (χ0v) is 14.3. The summed E-state index contributed by atoms with van der Waals surface area (Å²) in [5.41, 5.74) is 2.12. The molecule has 128 valence electrons. The van der Waals surface area contributed by atoms with Crippen LogP contribution < -0.4 is 0 Å². The van der Waals surface area contributed by atoms with Gasteiger partial charge in [-0.05, 0) is 45.3 Å². The molecule has 0 unspecified atom stereocenters. The summed E-state index contributed by atoms with van der Waals surface area (Å²) in [6, 6.07) is 4.00. The number of hydrogen-bond acceptors (Lipinski definition) is 4. The molecule has 2 fully saturated rings. The molecule has 4 heterocycles. The molecule has 4 rings (SSSR count). The van der Waals surface area contributed by atoms with E-state index >= 15 is 0 Å². The predicted octanol–water partition coefficient (Wildman–Crippen LogP) is 1.78. The van der Waals surface area contributed by atoms with Crippen LogP contribution >= 0.6 is 0 Å². The Balaban J connectivity index is 1.41. The molecule has 0 N–H and O–H groups in total. The molecule has 2 saturated heterocycles. The van der Waals surface area contributed by atoms with Crippen LogP contribution in [-0.4, -0.2) is 63.5 Å². The average molecular weight is 327 g/mol. The molecule has 24 heavy (non-hydrogen) atoms. The van der Waals surface area contributed by atoms with Crippen molar-refractivity contribution >= 4 is 11.6 Å². The van der Waals surface area contributed by atoms with Gasteiger partial charge in [0.25, 0.3) is 0 Å². The van der Waals surface area contributed by atoms with Crippen LogP contribution in [-0.2, 0) is 4.79 Å². The first-order valence-electron chi connectivity index (χ1n) is 8.98. The lowest BCUT2D eigenvalue weighted by Gasteiger charge is -2.37. The van der Waals surface area contributed by atoms with Gasteiger partial charge in [0, 0.05) is 43.5 Å². The monoisotopic (exact) mass is 327 g/mol. The maximum absolute atomic E-state index is 12.8. The zero-order chi connectivity index (χ0) is 16.5. The zero-order valence-electron chi connectivity index (χ0n) is 14.3. The molecular formula is C18H25N5O. The lowest BCUT2D eigenvalue weighted by atomic mass is 9.91. The fraction of sp³-hybridized carbons (Fsp3) is 0.611. The SMILES string of the molecule is CN1CCC[C@H](C(=O)N2CCC(c3ccnc4ccnn34)CC2)C1. The van der Waals surface area contributed by atoms with E-state index in [4.69, 9.17) is 0 Å². The molecule has 0 saturated carbocycles. The number of hydrogen-bond donors (Lipinski definition) is 0. The molecule has 0 spiro atoms. The summed E-state index contributed by atoms with van der Waals surface area (Å²) in [5.74, 6) is 1.01. The van der Waals surface area contributed by atoms with Crippen molar-refractivity contribution in [2.45, 2.75) is 31.6 Å². The maximum Gasteiger partial charge on any atom is 0.226 e. The highest BCUT2D eigenvalue weighted by Crippen LogP contribution is 2.29. The van der Waals surface area contributed by atoms with Crippen molar-refractivity contribution < 1.29 is 4.79 Å². The second-order valence-electron chi connectivity index (χ2n) is 7.17. The van der Waals surface area contributed by atoms with Crippen LogP contribution in [0.15, 0.2) is 24.5 Å². The predicted molar refractivity (Wildman–Crippen MR) is 91.8 cm³/mol. The third kappa shape index (κ3) is 2.90. The number of rotatable bonds is 2. The van der Waals surface area contributed by atoms with Crippen LogP contribution in [0.5, 0.6) is 0 Å². The molecule has 0 bridgehead atoms. The van der Waals surface area contributed by atoms with Gasteiger partial charge < -0.3 is 9.80 Å². The number of carbonyl (C=O) groups is 1. The fourth-order valence-corrected chi connectivity index (χ4v) is 4.18. The number of nitrogens with zero attached hydrogens (tertiary/aromatic N) is 5. The minimum Gasteiger partial charge on any atom is -0.342 e. The molecule has 0 radical (unpaired) electrons. The molecule has 2 aliphatic heterocycles. The minimum absolute atomic E-state index is 0.194. The van der Waals surface area contributed by atoms with E-state index in [2.05, 4.69) is 33.0 Å². The smallest absolute Gasteiger partial charge is 0.226 e. The number of piperidine rings is 2. The number of amides is 1. The van der Waals surface area contributed by atoms with E-state index in [0.29, 0.717) is 11.8 Å². The molecule has 6 heteroatoms. The van der Waals surface area contributed by atoms with Gasteiger partial charge in [-0.15, -0.1) is 0 Å². The van der Waals surface area contributed by atoms with Crippen molar-refractivity contribution in [2.75, 3.05) is 33.2 Å². The number of fused-ring (bicyclic) bond motifs is 1. The Bertz CT molecular complexity index is 719. The van der Waals surface area contributed by atoms with Crippen molar-refractivity contribution in [1.29, 1.82) is 0 Å². The molecule has 6 nitrogen and oxygen atoms in total. The summed E-state index contributed by atoms with van der Waals surface area (Å²) in [4.78, 5) is 21.5. The Morgan fingerprint density at radius 3 is 2.75 bits per heavy atom. The lowest BCUT2D eigenvalue weighted by molar-refractivity contribution is -0.138. The summed E-state index contributed by atoms with van der Waals surface area (Å²) in [5, 5.41) is 4.40. The molecule has 2 aromatic heterocycles. The standard InChI is InChI=1S/C18H25N5O/c1-21-10-2-3-15(13-21)18(24)22-11-6-14(7-12-22)16-4-8-19-17-5-9-20-23(16)17/h4-5,8-9,14-15H,2-3,6-7,10-13H2,1H3/t15-/m0/s1. The first kappa shape index (κ1) is 15.6. The van der Waals surface area contributed by atoms with Gasteiger partial charge >= 0.3 is 0 Å². The molecule has 1 amide bonds. The lowest BCUT2D eigenvalue weighted by Crippen LogP contribution is -2.46. The van der Waals surface area contributed by atoms with Crippen molar-refractivity contribution in [2.24, 2.45) is 5.92 Å². The Morgan fingerprint density at radius 2 is 1.96 bits per heavy atom. The molecule has 1 atom stereocenters. The highest BCUT2D eigenvalue weighted by atomic mass is 16.2. The fourth-order valence-electron chi connectivity index (χ4n) is 4.18. The van der Waals surface area contributed by atoms with Gasteiger partial charge in [0.15, 0.2) is 5.65 Å². The summed E-state index contributed by atoms with van der Waals surface area (Å²) in [6.45, 7) is 3.74. The third-order valence-electron chi connectivity index (χ3n) is 5.52. The van der Waals surface area contributed by atoms with Gasteiger partial charge in [-0.3, -0.25) is 4.79 Å². The van der Waals surface area contributed by atoms with Crippen LogP contribution in [0.1, 0.15) is 37.3 Å². The highest BCUT2D eigenvalue weighted by Gasteiger charge is 2.31. The summed E-state index contributed by atoms with van der Waals surface area (Å²) in [7, 11) is 2.12. The van der Waals surface area contributed by atoms with Crippen LogP contribution in [0.4, 0.5) is 0 Å². The van der Waals surface area contributed by atoms with Gasteiger partial charge in [0.05, 0.1) is 12.1 Å². The Labute approximate surface area is 142 Å². The summed E-state index contributed by atoms with van der Waals surface area (Å²) < 4.78 is 1.94. The van der Waals surface area contributed by atoms with Crippen LogP contribution in [0.2, 0.25) is 0 Å². The number of carbonyl (C=O) groups excluding carboxylic acids is 1. The van der Waals surface area contributed by atoms with Gasteiger partial charge in [-0.25, -0.2) is 9.50 Å². The minimum atomic E-state index is 0.194. The maximum atomic E-state index is 12.8.